The Labute approximate surface area is 207 Å². The van der Waals surface area contributed by atoms with Crippen molar-refractivity contribution in [3.8, 4) is 0 Å². The van der Waals surface area contributed by atoms with E-state index in [0.717, 1.165) is 24.2 Å². The normalized spacial score (nSPS) is 23.2. The molecule has 0 amide bonds. The highest BCUT2D eigenvalue weighted by molar-refractivity contribution is 6.30. The van der Waals surface area contributed by atoms with Gasteiger partial charge in [-0.1, -0.05) is 47.5 Å². The number of ether oxygens (including phenoxy) is 1. The number of hydrogen-bond acceptors (Lipinski definition) is 6. The highest BCUT2D eigenvalue weighted by Crippen LogP contribution is 2.27. The minimum atomic E-state index is -0.754. The predicted molar refractivity (Wildman–Crippen MR) is 134 cm³/mol. The molecule has 0 spiro atoms. The molecule has 2 N–H and O–H groups in total. The molecule has 1 heterocycles. The van der Waals surface area contributed by atoms with E-state index in [1.54, 1.807) is 0 Å². The minimum absolute atomic E-state index is 0.207. The quantitative estimate of drug-likeness (QED) is 0.499. The summed E-state index contributed by atoms with van der Waals surface area (Å²) in [5.41, 5.74) is 2.24. The van der Waals surface area contributed by atoms with Crippen molar-refractivity contribution in [2.75, 3.05) is 47.4 Å². The maximum Gasteiger partial charge on any atom is 0.109 e. The molecule has 0 radical (unpaired) electrons. The minimum Gasteiger partial charge on any atom is -0.394 e. The Balaban J connectivity index is 1.80. The summed E-state index contributed by atoms with van der Waals surface area (Å²) in [5, 5.41) is 22.1. The average molecular weight is 496 g/mol. The van der Waals surface area contributed by atoms with Gasteiger partial charge in [0.1, 0.15) is 12.2 Å². The van der Waals surface area contributed by atoms with Crippen molar-refractivity contribution < 1.29 is 14.9 Å². The first-order chi connectivity index (χ1) is 15.8. The van der Waals surface area contributed by atoms with E-state index >= 15 is 0 Å². The van der Waals surface area contributed by atoms with Gasteiger partial charge in [0.15, 0.2) is 0 Å². The summed E-state index contributed by atoms with van der Waals surface area (Å²) < 4.78 is 6.17. The number of halogens is 2. The summed E-state index contributed by atoms with van der Waals surface area (Å²) in [6, 6.07) is 15.5. The Morgan fingerprint density at radius 2 is 1.58 bits per heavy atom. The second-order valence-corrected chi connectivity index (χ2v) is 9.96. The van der Waals surface area contributed by atoms with Gasteiger partial charge in [-0.25, -0.2) is 0 Å². The van der Waals surface area contributed by atoms with E-state index in [1.165, 1.54) is 0 Å². The molecule has 4 unspecified atom stereocenters. The summed E-state index contributed by atoms with van der Waals surface area (Å²) in [6.45, 7) is 3.42. The van der Waals surface area contributed by atoms with Crippen LogP contribution in [0.5, 0.6) is 0 Å². The number of hydrogen-bond donors (Lipinski definition) is 2. The lowest BCUT2D eigenvalue weighted by Crippen LogP contribution is -2.51. The van der Waals surface area contributed by atoms with Crippen molar-refractivity contribution in [2.45, 2.75) is 37.4 Å². The van der Waals surface area contributed by atoms with Gasteiger partial charge in [-0.2, -0.15) is 0 Å². The summed E-state index contributed by atoms with van der Waals surface area (Å²) >= 11 is 12.3. The molecule has 0 saturated carbocycles. The van der Waals surface area contributed by atoms with Crippen LogP contribution >= 0.6 is 23.2 Å². The topological polar surface area (TPSA) is 59.4 Å². The van der Waals surface area contributed by atoms with Gasteiger partial charge >= 0.3 is 0 Å². The fourth-order valence-electron chi connectivity index (χ4n) is 4.36. The number of aliphatic hydroxyl groups is 2. The van der Waals surface area contributed by atoms with E-state index in [4.69, 9.17) is 27.9 Å². The van der Waals surface area contributed by atoms with E-state index in [0.29, 0.717) is 29.7 Å². The number of likely N-dealkylation sites (N-methyl/N-ethyl adjacent to an activating group) is 2. The maximum atomic E-state index is 10.9. The van der Waals surface area contributed by atoms with Crippen LogP contribution < -0.4 is 0 Å². The second kappa shape index (κ2) is 12.5. The molecule has 0 aromatic heterocycles. The van der Waals surface area contributed by atoms with E-state index in [2.05, 4.69) is 20.8 Å². The third kappa shape index (κ3) is 7.64. The van der Waals surface area contributed by atoms with E-state index < -0.39 is 12.2 Å². The van der Waals surface area contributed by atoms with Crippen molar-refractivity contribution in [3.05, 3.63) is 69.7 Å². The average Bonchev–Trinajstić information content (AvgIpc) is 3.08. The first-order valence-corrected chi connectivity index (χ1v) is 12.0. The fourth-order valence-corrected chi connectivity index (χ4v) is 4.70. The van der Waals surface area contributed by atoms with Crippen molar-refractivity contribution in [1.29, 1.82) is 0 Å². The van der Waals surface area contributed by atoms with Gasteiger partial charge in [0, 0.05) is 42.8 Å². The smallest absolute Gasteiger partial charge is 0.109 e. The van der Waals surface area contributed by atoms with Gasteiger partial charge in [0.25, 0.3) is 0 Å². The molecule has 4 atom stereocenters. The zero-order valence-corrected chi connectivity index (χ0v) is 21.1. The molecule has 33 heavy (non-hydrogen) atoms. The lowest BCUT2D eigenvalue weighted by molar-refractivity contribution is -0.0323. The molecule has 182 valence electrons. The van der Waals surface area contributed by atoms with Gasteiger partial charge in [0.2, 0.25) is 0 Å². The zero-order chi connectivity index (χ0) is 24.0. The van der Waals surface area contributed by atoms with Crippen LogP contribution in [0.1, 0.15) is 11.1 Å². The molecule has 1 aliphatic rings. The fraction of sp³-hybridized carbons (Fsp3) is 0.520. The van der Waals surface area contributed by atoms with Gasteiger partial charge < -0.3 is 19.8 Å². The van der Waals surface area contributed by atoms with Crippen LogP contribution in [-0.4, -0.2) is 96.7 Å². The van der Waals surface area contributed by atoms with Gasteiger partial charge in [-0.15, -0.1) is 0 Å². The van der Waals surface area contributed by atoms with Gasteiger partial charge in [0.05, 0.1) is 18.8 Å². The Bertz CT molecular complexity index is 868. The van der Waals surface area contributed by atoms with Crippen LogP contribution in [0.2, 0.25) is 10.0 Å². The highest BCUT2D eigenvalue weighted by Gasteiger charge is 2.45. The molecule has 1 saturated heterocycles. The van der Waals surface area contributed by atoms with E-state index in [-0.39, 0.29) is 18.8 Å². The SMILES string of the molecule is CN(C)CCN(C)C1C(CN(Cc2ccc(Cl)cc2)Cc2cccc(Cl)c2)OC(CO)C1O. The molecule has 0 bridgehead atoms. The molecule has 1 fully saturated rings. The predicted octanol–water partition coefficient (Wildman–Crippen LogP) is 2.98. The largest absolute Gasteiger partial charge is 0.394 e. The van der Waals surface area contributed by atoms with E-state index in [1.807, 2.05) is 63.6 Å². The lowest BCUT2D eigenvalue weighted by Gasteiger charge is -2.34. The monoisotopic (exact) mass is 495 g/mol. The van der Waals surface area contributed by atoms with Crippen LogP contribution in [0.15, 0.2) is 48.5 Å². The summed E-state index contributed by atoms with van der Waals surface area (Å²) in [5.74, 6) is 0. The number of benzene rings is 2. The van der Waals surface area contributed by atoms with Crippen LogP contribution in [-0.2, 0) is 17.8 Å². The van der Waals surface area contributed by atoms with E-state index in [9.17, 15) is 10.2 Å². The molecule has 3 rings (SSSR count). The van der Waals surface area contributed by atoms with Crippen molar-refractivity contribution in [2.24, 2.45) is 0 Å². The molecule has 2 aromatic rings. The molecule has 1 aliphatic heterocycles. The number of nitrogens with zero attached hydrogens (tertiary/aromatic N) is 3. The highest BCUT2D eigenvalue weighted by atomic mass is 35.5. The Hall–Kier alpha value is -1.22. The first kappa shape index (κ1) is 26.4. The van der Waals surface area contributed by atoms with Gasteiger partial charge in [-0.05, 0) is 56.5 Å². The molecular weight excluding hydrogens is 461 g/mol. The lowest BCUT2D eigenvalue weighted by atomic mass is 10.0. The molecular formula is C25H35Cl2N3O3. The van der Waals surface area contributed by atoms with Crippen molar-refractivity contribution in [1.82, 2.24) is 14.7 Å². The molecule has 8 heteroatoms. The Kier molecular flexibility index (Phi) is 9.97. The van der Waals surface area contributed by atoms with Crippen LogP contribution in [0.4, 0.5) is 0 Å². The summed E-state index contributed by atoms with van der Waals surface area (Å²) in [7, 11) is 6.07. The second-order valence-electron chi connectivity index (χ2n) is 9.09. The van der Waals surface area contributed by atoms with Crippen LogP contribution in [0, 0.1) is 0 Å². The number of rotatable bonds is 11. The molecule has 2 aromatic carbocycles. The van der Waals surface area contributed by atoms with Crippen molar-refractivity contribution in [3.63, 3.8) is 0 Å². The summed E-state index contributed by atoms with van der Waals surface area (Å²) in [4.78, 5) is 6.55. The van der Waals surface area contributed by atoms with Crippen LogP contribution in [0.3, 0.4) is 0 Å². The maximum absolute atomic E-state index is 10.9. The summed E-state index contributed by atoms with van der Waals surface area (Å²) in [6.07, 6.45) is -1.60. The third-order valence-electron chi connectivity index (χ3n) is 6.10. The molecule has 6 nitrogen and oxygen atoms in total. The van der Waals surface area contributed by atoms with Crippen LogP contribution in [0.25, 0.3) is 0 Å². The zero-order valence-electron chi connectivity index (χ0n) is 19.6. The third-order valence-corrected chi connectivity index (χ3v) is 6.59. The Morgan fingerprint density at radius 1 is 0.879 bits per heavy atom. The standard InChI is InChI=1S/C25H35Cl2N3O3/c1-28(2)11-12-29(3)24-22(33-23(17-31)25(24)32)16-30(14-18-7-9-20(26)10-8-18)15-19-5-4-6-21(27)13-19/h4-10,13,22-25,31-32H,11-12,14-17H2,1-3H3. The van der Waals surface area contributed by atoms with Gasteiger partial charge in [-0.3, -0.25) is 9.80 Å². The number of aliphatic hydroxyl groups excluding tert-OH is 2. The Morgan fingerprint density at radius 3 is 2.21 bits per heavy atom. The first-order valence-electron chi connectivity index (χ1n) is 11.3. The molecule has 0 aliphatic carbocycles. The van der Waals surface area contributed by atoms with Crippen molar-refractivity contribution >= 4 is 23.2 Å².